The van der Waals surface area contributed by atoms with Gasteiger partial charge in [0.15, 0.2) is 0 Å². The highest BCUT2D eigenvalue weighted by Crippen LogP contribution is 2.20. The standard InChI is InChI=1S/C22H26N4O3/c1-16-3-8-20-24-17(2)21(26(20)15-16)22(27)23-9-12-29-19-6-4-18(5-7-19)25-10-13-28-14-11-25/h3-8,15H,9-14H2,1-2H3,(H,23,27). The number of nitrogens with zero attached hydrogens (tertiary/aromatic N) is 3. The number of fused-ring (bicyclic) bond motifs is 1. The Kier molecular flexibility index (Phi) is 5.67. The average molecular weight is 394 g/mol. The first-order valence-corrected chi connectivity index (χ1v) is 9.91. The monoisotopic (exact) mass is 394 g/mol. The summed E-state index contributed by atoms with van der Waals surface area (Å²) in [4.78, 5) is 19.4. The zero-order chi connectivity index (χ0) is 20.2. The van der Waals surface area contributed by atoms with Gasteiger partial charge in [-0.25, -0.2) is 4.98 Å². The van der Waals surface area contributed by atoms with Crippen LogP contribution in [0.1, 0.15) is 21.7 Å². The number of ether oxygens (including phenoxy) is 2. The lowest BCUT2D eigenvalue weighted by Gasteiger charge is -2.28. The van der Waals surface area contributed by atoms with Gasteiger partial charge in [0.2, 0.25) is 0 Å². The molecule has 3 heterocycles. The first kappa shape index (κ1) is 19.3. The Morgan fingerprint density at radius 1 is 1.14 bits per heavy atom. The van der Waals surface area contributed by atoms with Crippen LogP contribution >= 0.6 is 0 Å². The molecule has 1 amide bonds. The van der Waals surface area contributed by atoms with Crippen LogP contribution < -0.4 is 15.0 Å². The Hall–Kier alpha value is -3.06. The lowest BCUT2D eigenvalue weighted by molar-refractivity contribution is 0.0940. The molecular weight excluding hydrogens is 368 g/mol. The molecule has 0 atom stereocenters. The summed E-state index contributed by atoms with van der Waals surface area (Å²) in [6.45, 7) is 8.02. The summed E-state index contributed by atoms with van der Waals surface area (Å²) in [5.74, 6) is 0.643. The number of hydrogen-bond donors (Lipinski definition) is 1. The van der Waals surface area contributed by atoms with Crippen LogP contribution in [-0.2, 0) is 4.74 Å². The van der Waals surface area contributed by atoms with E-state index in [-0.39, 0.29) is 5.91 Å². The van der Waals surface area contributed by atoms with E-state index in [1.807, 2.05) is 48.7 Å². The molecule has 7 nitrogen and oxygen atoms in total. The summed E-state index contributed by atoms with van der Waals surface area (Å²) in [5.41, 5.74) is 4.31. The SMILES string of the molecule is Cc1ccc2nc(C)c(C(=O)NCCOc3ccc(N4CCOCC4)cc3)n2c1. The van der Waals surface area contributed by atoms with E-state index in [0.29, 0.717) is 24.5 Å². The molecule has 2 aromatic heterocycles. The van der Waals surface area contributed by atoms with Crippen molar-refractivity contribution in [2.75, 3.05) is 44.4 Å². The van der Waals surface area contributed by atoms with E-state index in [0.717, 1.165) is 43.3 Å². The van der Waals surface area contributed by atoms with Gasteiger partial charge >= 0.3 is 0 Å². The van der Waals surface area contributed by atoms with E-state index >= 15 is 0 Å². The summed E-state index contributed by atoms with van der Waals surface area (Å²) in [6, 6.07) is 11.9. The fraction of sp³-hybridized carbons (Fsp3) is 0.364. The van der Waals surface area contributed by atoms with Crippen LogP contribution in [0.5, 0.6) is 5.75 Å². The van der Waals surface area contributed by atoms with E-state index in [2.05, 4.69) is 27.3 Å². The fourth-order valence-corrected chi connectivity index (χ4v) is 3.53. The highest BCUT2D eigenvalue weighted by atomic mass is 16.5. The first-order chi connectivity index (χ1) is 14.1. The fourth-order valence-electron chi connectivity index (χ4n) is 3.53. The molecule has 0 spiro atoms. The van der Waals surface area contributed by atoms with Crippen molar-refractivity contribution in [2.45, 2.75) is 13.8 Å². The molecule has 0 radical (unpaired) electrons. The normalized spacial score (nSPS) is 14.2. The summed E-state index contributed by atoms with van der Waals surface area (Å²) in [6.07, 6.45) is 1.93. The number of benzene rings is 1. The molecule has 1 aliphatic rings. The van der Waals surface area contributed by atoms with Gasteiger partial charge in [0.25, 0.3) is 5.91 Å². The summed E-state index contributed by atoms with van der Waals surface area (Å²) in [7, 11) is 0. The van der Waals surface area contributed by atoms with E-state index in [1.165, 1.54) is 5.69 Å². The Morgan fingerprint density at radius 3 is 2.66 bits per heavy atom. The largest absolute Gasteiger partial charge is 0.492 e. The maximum Gasteiger partial charge on any atom is 0.270 e. The molecule has 1 saturated heterocycles. The molecule has 152 valence electrons. The third-order valence-electron chi connectivity index (χ3n) is 5.03. The Labute approximate surface area is 170 Å². The van der Waals surface area contributed by atoms with Crippen molar-refractivity contribution in [1.29, 1.82) is 0 Å². The van der Waals surface area contributed by atoms with Crippen LogP contribution in [0, 0.1) is 13.8 Å². The van der Waals surface area contributed by atoms with E-state index < -0.39 is 0 Å². The van der Waals surface area contributed by atoms with Gasteiger partial charge in [-0.05, 0) is 49.7 Å². The number of carbonyl (C=O) groups excluding carboxylic acids is 1. The highest BCUT2D eigenvalue weighted by Gasteiger charge is 2.16. The zero-order valence-electron chi connectivity index (χ0n) is 16.9. The summed E-state index contributed by atoms with van der Waals surface area (Å²) >= 11 is 0. The van der Waals surface area contributed by atoms with Gasteiger partial charge in [-0.2, -0.15) is 0 Å². The van der Waals surface area contributed by atoms with E-state index in [1.54, 1.807) is 0 Å². The Bertz CT molecular complexity index is 991. The molecule has 1 N–H and O–H groups in total. The van der Waals surface area contributed by atoms with Crippen molar-refractivity contribution < 1.29 is 14.3 Å². The maximum absolute atomic E-state index is 12.6. The Morgan fingerprint density at radius 2 is 1.90 bits per heavy atom. The lowest BCUT2D eigenvalue weighted by Crippen LogP contribution is -2.36. The zero-order valence-corrected chi connectivity index (χ0v) is 16.9. The van der Waals surface area contributed by atoms with Crippen molar-refractivity contribution in [3.05, 3.63) is 59.5 Å². The Balaban J connectivity index is 1.30. The van der Waals surface area contributed by atoms with E-state index in [4.69, 9.17) is 9.47 Å². The van der Waals surface area contributed by atoms with Gasteiger partial charge in [0.1, 0.15) is 23.7 Å². The van der Waals surface area contributed by atoms with Gasteiger partial charge in [-0.15, -0.1) is 0 Å². The number of hydrogen-bond acceptors (Lipinski definition) is 5. The highest BCUT2D eigenvalue weighted by molar-refractivity contribution is 5.94. The predicted molar refractivity (Wildman–Crippen MR) is 112 cm³/mol. The predicted octanol–water partition coefficient (Wildman–Crippen LogP) is 2.60. The molecule has 7 heteroatoms. The third kappa shape index (κ3) is 4.35. The topological polar surface area (TPSA) is 68.1 Å². The van der Waals surface area contributed by atoms with Gasteiger partial charge in [-0.1, -0.05) is 6.07 Å². The minimum absolute atomic E-state index is 0.146. The van der Waals surface area contributed by atoms with Gasteiger partial charge in [0, 0.05) is 25.0 Å². The molecule has 0 saturated carbocycles. The van der Waals surface area contributed by atoms with Crippen molar-refractivity contribution in [3.63, 3.8) is 0 Å². The number of aromatic nitrogens is 2. The van der Waals surface area contributed by atoms with Crippen LogP contribution in [-0.4, -0.2) is 54.7 Å². The number of morpholine rings is 1. The third-order valence-corrected chi connectivity index (χ3v) is 5.03. The number of pyridine rings is 1. The summed E-state index contributed by atoms with van der Waals surface area (Å²) < 4.78 is 13.0. The molecule has 0 bridgehead atoms. The maximum atomic E-state index is 12.6. The molecular formula is C22H26N4O3. The minimum atomic E-state index is -0.146. The number of rotatable bonds is 6. The van der Waals surface area contributed by atoms with E-state index in [9.17, 15) is 4.79 Å². The number of anilines is 1. The van der Waals surface area contributed by atoms with Gasteiger partial charge < -0.3 is 19.7 Å². The van der Waals surface area contributed by atoms with Crippen LogP contribution in [0.3, 0.4) is 0 Å². The van der Waals surface area contributed by atoms with Gasteiger partial charge in [-0.3, -0.25) is 9.20 Å². The van der Waals surface area contributed by atoms with Gasteiger partial charge in [0.05, 0.1) is 25.5 Å². The number of amides is 1. The number of nitrogens with one attached hydrogen (secondary N) is 1. The molecule has 4 rings (SSSR count). The smallest absolute Gasteiger partial charge is 0.270 e. The van der Waals surface area contributed by atoms with Crippen molar-refractivity contribution in [1.82, 2.24) is 14.7 Å². The quantitative estimate of drug-likeness (QED) is 0.651. The van der Waals surface area contributed by atoms with Crippen LogP contribution in [0.25, 0.3) is 5.65 Å². The van der Waals surface area contributed by atoms with Crippen LogP contribution in [0.4, 0.5) is 5.69 Å². The molecule has 0 unspecified atom stereocenters. The molecule has 1 aromatic carbocycles. The average Bonchev–Trinajstić information content (AvgIpc) is 3.07. The summed E-state index contributed by atoms with van der Waals surface area (Å²) in [5, 5.41) is 2.92. The first-order valence-electron chi connectivity index (χ1n) is 9.91. The van der Waals surface area contributed by atoms with Crippen molar-refractivity contribution in [2.24, 2.45) is 0 Å². The lowest BCUT2D eigenvalue weighted by atomic mass is 10.2. The molecule has 1 fully saturated rings. The molecule has 1 aliphatic heterocycles. The second-order valence-electron chi connectivity index (χ2n) is 7.18. The number of carbonyl (C=O) groups is 1. The number of aryl methyl sites for hydroxylation is 2. The second-order valence-corrected chi connectivity index (χ2v) is 7.18. The van der Waals surface area contributed by atoms with Crippen molar-refractivity contribution >= 4 is 17.2 Å². The minimum Gasteiger partial charge on any atom is -0.492 e. The second kappa shape index (κ2) is 8.53. The molecule has 0 aliphatic carbocycles. The molecule has 29 heavy (non-hydrogen) atoms. The molecule has 3 aromatic rings. The van der Waals surface area contributed by atoms with Crippen LogP contribution in [0.15, 0.2) is 42.6 Å². The number of imidazole rings is 1. The van der Waals surface area contributed by atoms with Crippen LogP contribution in [0.2, 0.25) is 0 Å². The van der Waals surface area contributed by atoms with Crippen molar-refractivity contribution in [3.8, 4) is 5.75 Å².